The highest BCUT2D eigenvalue weighted by molar-refractivity contribution is 8.00. The molecule has 0 radical (unpaired) electrons. The van der Waals surface area contributed by atoms with Crippen LogP contribution in [0.1, 0.15) is 15.9 Å². The minimum absolute atomic E-state index is 0.0182. The van der Waals surface area contributed by atoms with Crippen molar-refractivity contribution in [1.82, 2.24) is 9.88 Å². The summed E-state index contributed by atoms with van der Waals surface area (Å²) in [6.45, 7) is 0.872. The van der Waals surface area contributed by atoms with E-state index in [1.165, 1.54) is 11.8 Å². The molecule has 0 spiro atoms. The van der Waals surface area contributed by atoms with E-state index in [9.17, 15) is 22.8 Å². The fraction of sp³-hybridized carbons (Fsp3) is 0.185. The number of fused-ring (bicyclic) bond motifs is 1. The zero-order valence-corrected chi connectivity index (χ0v) is 21.7. The van der Waals surface area contributed by atoms with Crippen LogP contribution in [0.15, 0.2) is 77.8 Å². The molecule has 4 aromatic rings. The van der Waals surface area contributed by atoms with Gasteiger partial charge in [0, 0.05) is 40.6 Å². The Morgan fingerprint density at radius 1 is 1.05 bits per heavy atom. The van der Waals surface area contributed by atoms with Crippen LogP contribution < -0.4 is 15.4 Å². The van der Waals surface area contributed by atoms with Gasteiger partial charge in [0.05, 0.1) is 29.1 Å². The number of nitrogens with one attached hydrogen (secondary N) is 2. The average molecular weight is 562 g/mol. The van der Waals surface area contributed by atoms with Gasteiger partial charge < -0.3 is 19.9 Å². The molecule has 2 N–H and O–H groups in total. The van der Waals surface area contributed by atoms with Crippen LogP contribution >= 0.6 is 23.4 Å². The van der Waals surface area contributed by atoms with Crippen molar-refractivity contribution in [3.63, 3.8) is 0 Å². The van der Waals surface area contributed by atoms with Crippen LogP contribution in [0, 0.1) is 0 Å². The van der Waals surface area contributed by atoms with Gasteiger partial charge >= 0.3 is 6.18 Å². The topological polar surface area (TPSA) is 72.4 Å². The number of carbonyl (C=O) groups is 2. The van der Waals surface area contributed by atoms with Crippen molar-refractivity contribution < 1.29 is 27.5 Å². The number of ether oxygens (including phenoxy) is 1. The average Bonchev–Trinajstić information content (AvgIpc) is 3.25. The van der Waals surface area contributed by atoms with Crippen LogP contribution in [0.4, 0.5) is 18.9 Å². The molecule has 6 nitrogen and oxygen atoms in total. The van der Waals surface area contributed by atoms with E-state index < -0.39 is 17.6 Å². The molecule has 11 heteroatoms. The van der Waals surface area contributed by atoms with Crippen molar-refractivity contribution in [2.45, 2.75) is 17.6 Å². The largest absolute Gasteiger partial charge is 0.497 e. The number of amides is 2. The normalized spacial score (nSPS) is 11.4. The van der Waals surface area contributed by atoms with E-state index in [2.05, 4.69) is 10.6 Å². The van der Waals surface area contributed by atoms with Gasteiger partial charge in [0.25, 0.3) is 5.91 Å². The summed E-state index contributed by atoms with van der Waals surface area (Å²) in [4.78, 5) is 25.8. The second-order valence-corrected chi connectivity index (χ2v) is 9.64. The van der Waals surface area contributed by atoms with Crippen molar-refractivity contribution in [2.75, 3.05) is 24.7 Å². The molecule has 0 saturated heterocycles. The second kappa shape index (κ2) is 11.8. The van der Waals surface area contributed by atoms with E-state index in [-0.39, 0.29) is 22.4 Å². The van der Waals surface area contributed by atoms with Crippen molar-refractivity contribution >= 4 is 51.8 Å². The summed E-state index contributed by atoms with van der Waals surface area (Å²) in [5.74, 6) is -0.0603. The van der Waals surface area contributed by atoms with Crippen molar-refractivity contribution in [1.29, 1.82) is 0 Å². The molecule has 0 fully saturated rings. The number of hydrogen-bond acceptors (Lipinski definition) is 4. The number of para-hydroxylation sites is 1. The minimum Gasteiger partial charge on any atom is -0.497 e. The molecule has 0 unspecified atom stereocenters. The van der Waals surface area contributed by atoms with Gasteiger partial charge in [-0.1, -0.05) is 29.8 Å². The van der Waals surface area contributed by atoms with E-state index in [0.717, 1.165) is 34.0 Å². The van der Waals surface area contributed by atoms with E-state index in [1.807, 2.05) is 35.0 Å². The zero-order chi connectivity index (χ0) is 27.3. The van der Waals surface area contributed by atoms with Gasteiger partial charge in [-0.05, 0) is 48.5 Å². The molecule has 0 bridgehead atoms. The number of thioether (sulfide) groups is 1. The Hall–Kier alpha value is -3.63. The summed E-state index contributed by atoms with van der Waals surface area (Å²) in [6.07, 6.45) is -2.66. The summed E-state index contributed by atoms with van der Waals surface area (Å²) in [7, 11) is 1.56. The summed E-state index contributed by atoms with van der Waals surface area (Å²) >= 11 is 7.24. The first-order valence-electron chi connectivity index (χ1n) is 11.4. The third-order valence-corrected chi connectivity index (χ3v) is 7.04. The maximum absolute atomic E-state index is 13.0. The molecule has 0 aliphatic carbocycles. The number of carbonyl (C=O) groups excluding carboxylic acids is 2. The smallest absolute Gasteiger partial charge is 0.416 e. The first kappa shape index (κ1) is 27.4. The van der Waals surface area contributed by atoms with Gasteiger partial charge in [0.15, 0.2) is 0 Å². The van der Waals surface area contributed by atoms with Crippen LogP contribution in [0.2, 0.25) is 5.02 Å². The van der Waals surface area contributed by atoms with Gasteiger partial charge in [-0.15, -0.1) is 11.8 Å². The molecular weight excluding hydrogens is 539 g/mol. The SMILES string of the molecule is COc1ccc(C(=O)NCCn2cc(SCC(=O)Nc3cc(C(F)(F)F)ccc3Cl)c3ccccc32)cc1. The van der Waals surface area contributed by atoms with Crippen LogP contribution in [-0.2, 0) is 17.5 Å². The number of nitrogens with zero attached hydrogens (tertiary/aromatic N) is 1. The monoisotopic (exact) mass is 561 g/mol. The first-order chi connectivity index (χ1) is 18.2. The van der Waals surface area contributed by atoms with Gasteiger partial charge in [-0.25, -0.2) is 0 Å². The third kappa shape index (κ3) is 6.62. The molecule has 2 amide bonds. The number of rotatable bonds is 9. The number of benzene rings is 3. The van der Waals surface area contributed by atoms with Gasteiger partial charge in [-0.3, -0.25) is 9.59 Å². The zero-order valence-electron chi connectivity index (χ0n) is 20.1. The lowest BCUT2D eigenvalue weighted by Crippen LogP contribution is -2.27. The fourth-order valence-electron chi connectivity index (χ4n) is 3.77. The maximum Gasteiger partial charge on any atom is 0.416 e. The number of hydrogen-bond donors (Lipinski definition) is 2. The molecule has 0 saturated carbocycles. The summed E-state index contributed by atoms with van der Waals surface area (Å²) < 4.78 is 46.1. The summed E-state index contributed by atoms with van der Waals surface area (Å²) in [6, 6.07) is 17.2. The third-order valence-electron chi connectivity index (χ3n) is 5.67. The standard InChI is InChI=1S/C27H23ClF3N3O3S/c1-37-19-9-6-17(7-10-19)26(36)32-12-13-34-15-24(20-4-2-3-5-23(20)34)38-16-25(35)33-22-14-18(27(29,30)31)8-11-21(22)28/h2-11,14-15H,12-13,16H2,1H3,(H,32,36)(H,33,35). The predicted octanol–water partition coefficient (Wildman–Crippen LogP) is 6.48. The molecule has 4 rings (SSSR count). The highest BCUT2D eigenvalue weighted by Gasteiger charge is 2.31. The minimum atomic E-state index is -4.55. The molecule has 38 heavy (non-hydrogen) atoms. The molecule has 1 heterocycles. The van der Waals surface area contributed by atoms with Gasteiger partial charge in [0.1, 0.15) is 5.75 Å². The Labute approximate surface area is 226 Å². The Morgan fingerprint density at radius 2 is 1.79 bits per heavy atom. The van der Waals surface area contributed by atoms with Crippen LogP contribution in [-0.4, -0.2) is 35.8 Å². The summed E-state index contributed by atoms with van der Waals surface area (Å²) in [5.41, 5.74) is 0.454. The predicted molar refractivity (Wildman–Crippen MR) is 143 cm³/mol. The Morgan fingerprint density at radius 3 is 2.50 bits per heavy atom. The van der Waals surface area contributed by atoms with E-state index in [4.69, 9.17) is 16.3 Å². The number of aromatic nitrogens is 1. The molecule has 3 aromatic carbocycles. The van der Waals surface area contributed by atoms with Gasteiger partial charge in [0.2, 0.25) is 5.91 Å². The van der Waals surface area contributed by atoms with Crippen LogP contribution in [0.5, 0.6) is 5.75 Å². The highest BCUT2D eigenvalue weighted by atomic mass is 35.5. The number of halogens is 4. The Balaban J connectivity index is 1.39. The lowest BCUT2D eigenvalue weighted by atomic mass is 10.2. The number of alkyl halides is 3. The second-order valence-electron chi connectivity index (χ2n) is 8.22. The first-order valence-corrected chi connectivity index (χ1v) is 12.8. The lowest BCUT2D eigenvalue weighted by molar-refractivity contribution is -0.137. The lowest BCUT2D eigenvalue weighted by Gasteiger charge is -2.11. The fourth-order valence-corrected chi connectivity index (χ4v) is 4.83. The van der Waals surface area contributed by atoms with Crippen molar-refractivity contribution in [2.24, 2.45) is 0 Å². The molecule has 1 aromatic heterocycles. The molecule has 0 aliphatic heterocycles. The molecule has 0 aliphatic rings. The van der Waals surface area contributed by atoms with Crippen LogP contribution in [0.25, 0.3) is 10.9 Å². The number of methoxy groups -OCH3 is 1. The van der Waals surface area contributed by atoms with Crippen molar-refractivity contribution in [3.05, 3.63) is 89.1 Å². The molecule has 0 atom stereocenters. The molecular formula is C27H23ClF3N3O3S. The summed E-state index contributed by atoms with van der Waals surface area (Å²) in [5, 5.41) is 6.29. The van der Waals surface area contributed by atoms with E-state index >= 15 is 0 Å². The molecule has 198 valence electrons. The van der Waals surface area contributed by atoms with E-state index in [0.29, 0.717) is 24.4 Å². The van der Waals surface area contributed by atoms with Crippen LogP contribution in [0.3, 0.4) is 0 Å². The Kier molecular flexibility index (Phi) is 8.53. The van der Waals surface area contributed by atoms with E-state index in [1.54, 1.807) is 31.4 Å². The quantitative estimate of drug-likeness (QED) is 0.229. The van der Waals surface area contributed by atoms with Crippen molar-refractivity contribution in [3.8, 4) is 5.75 Å². The highest BCUT2D eigenvalue weighted by Crippen LogP contribution is 2.34. The Bertz CT molecular complexity index is 1460. The van der Waals surface area contributed by atoms with Gasteiger partial charge in [-0.2, -0.15) is 13.2 Å². The maximum atomic E-state index is 13.0. The number of anilines is 1.